The molecule has 0 saturated heterocycles. The summed E-state index contributed by atoms with van der Waals surface area (Å²) in [6, 6.07) is 5.03. The van der Waals surface area contributed by atoms with Gasteiger partial charge in [-0.15, -0.1) is 0 Å². The number of carbonyl (C=O) groups is 1. The molecule has 102 valence electrons. The number of fused-ring (bicyclic) bond motifs is 1. The number of benzene rings is 1. The van der Waals surface area contributed by atoms with Gasteiger partial charge in [-0.3, -0.25) is 4.79 Å². The second kappa shape index (κ2) is 3.86. The Labute approximate surface area is 109 Å². The molecule has 1 fully saturated rings. The molecule has 0 radical (unpaired) electrons. The molecule has 0 spiro atoms. The van der Waals surface area contributed by atoms with Gasteiger partial charge in [-0.05, 0) is 17.7 Å². The topological polar surface area (TPSA) is 89.9 Å². The maximum Gasteiger partial charge on any atom is 0.308 e. The first-order valence-corrected chi connectivity index (χ1v) is 7.66. The number of carboxylic acids is 1. The highest BCUT2D eigenvalue weighted by Gasteiger charge is 2.61. The lowest BCUT2D eigenvalue weighted by atomic mass is 10.1. The van der Waals surface area contributed by atoms with E-state index in [2.05, 4.69) is 0 Å². The SMILES string of the molecule is CS(=O)(=O)[C@@H]1[C@H](C(=O)O)[C@@H]1c1ccc2c(c1)OCO2. The summed E-state index contributed by atoms with van der Waals surface area (Å²) in [5.41, 5.74) is 0.659. The Bertz CT molecular complexity index is 650. The van der Waals surface area contributed by atoms with Gasteiger partial charge in [-0.1, -0.05) is 6.07 Å². The second-order valence-corrected chi connectivity index (χ2v) is 7.00. The zero-order valence-corrected chi connectivity index (χ0v) is 10.9. The average Bonchev–Trinajstić information content (AvgIpc) is 2.93. The Morgan fingerprint density at radius 1 is 1.32 bits per heavy atom. The fraction of sp³-hybridized carbons (Fsp3) is 0.417. The molecule has 3 rings (SSSR count). The molecule has 3 atom stereocenters. The maximum atomic E-state index is 11.6. The molecule has 1 aromatic carbocycles. The summed E-state index contributed by atoms with van der Waals surface area (Å²) in [6.45, 7) is 0.126. The Morgan fingerprint density at radius 2 is 2.00 bits per heavy atom. The molecule has 0 unspecified atom stereocenters. The standard InChI is InChI=1S/C12H12O6S/c1-19(15,16)11-9(10(11)12(13)14)6-2-3-7-8(4-6)18-5-17-7/h2-4,9-11H,5H2,1H3,(H,13,14)/t9-,10+,11-/m0/s1. The predicted octanol–water partition coefficient (Wildman–Crippen LogP) is 0.626. The van der Waals surface area contributed by atoms with Crippen molar-refractivity contribution in [3.63, 3.8) is 0 Å². The van der Waals surface area contributed by atoms with Crippen molar-refractivity contribution < 1.29 is 27.8 Å². The van der Waals surface area contributed by atoms with E-state index in [-0.39, 0.29) is 6.79 Å². The third-order valence-electron chi connectivity index (χ3n) is 3.51. The van der Waals surface area contributed by atoms with Crippen molar-refractivity contribution in [1.82, 2.24) is 0 Å². The second-order valence-electron chi connectivity index (χ2n) is 4.80. The van der Waals surface area contributed by atoms with Gasteiger partial charge in [-0.2, -0.15) is 0 Å². The molecule has 6 nitrogen and oxygen atoms in total. The average molecular weight is 284 g/mol. The van der Waals surface area contributed by atoms with Crippen molar-refractivity contribution in [3.8, 4) is 11.5 Å². The van der Waals surface area contributed by atoms with Gasteiger partial charge in [-0.25, -0.2) is 8.42 Å². The summed E-state index contributed by atoms with van der Waals surface area (Å²) in [4.78, 5) is 11.1. The Balaban J connectivity index is 1.96. The number of hydrogen-bond donors (Lipinski definition) is 1. The summed E-state index contributed by atoms with van der Waals surface area (Å²) < 4.78 is 33.6. The largest absolute Gasteiger partial charge is 0.481 e. The van der Waals surface area contributed by atoms with E-state index in [0.29, 0.717) is 17.1 Å². The molecular weight excluding hydrogens is 272 g/mol. The van der Waals surface area contributed by atoms with Crippen LogP contribution >= 0.6 is 0 Å². The van der Waals surface area contributed by atoms with Crippen molar-refractivity contribution >= 4 is 15.8 Å². The number of ether oxygens (including phenoxy) is 2. The van der Waals surface area contributed by atoms with Crippen molar-refractivity contribution in [1.29, 1.82) is 0 Å². The van der Waals surface area contributed by atoms with Crippen LogP contribution in [0.25, 0.3) is 0 Å². The first-order chi connectivity index (χ1) is 8.89. The van der Waals surface area contributed by atoms with Crippen LogP contribution < -0.4 is 9.47 Å². The van der Waals surface area contributed by atoms with E-state index in [4.69, 9.17) is 14.6 Å². The van der Waals surface area contributed by atoms with Gasteiger partial charge in [0.15, 0.2) is 21.3 Å². The van der Waals surface area contributed by atoms with E-state index in [1.54, 1.807) is 18.2 Å². The van der Waals surface area contributed by atoms with E-state index < -0.39 is 32.9 Å². The van der Waals surface area contributed by atoms with Crippen molar-refractivity contribution in [2.24, 2.45) is 5.92 Å². The highest BCUT2D eigenvalue weighted by molar-refractivity contribution is 7.91. The Hall–Kier alpha value is -1.76. The van der Waals surface area contributed by atoms with Gasteiger partial charge < -0.3 is 14.6 Å². The predicted molar refractivity (Wildman–Crippen MR) is 65.1 cm³/mol. The van der Waals surface area contributed by atoms with E-state index >= 15 is 0 Å². The van der Waals surface area contributed by atoms with Crippen LogP contribution in [0.4, 0.5) is 0 Å². The number of aliphatic carboxylic acids is 1. The van der Waals surface area contributed by atoms with E-state index in [1.165, 1.54) is 0 Å². The normalized spacial score (nSPS) is 28.2. The number of hydrogen-bond acceptors (Lipinski definition) is 5. The minimum absolute atomic E-state index is 0.126. The quantitative estimate of drug-likeness (QED) is 0.875. The smallest absolute Gasteiger partial charge is 0.308 e. The minimum atomic E-state index is -3.39. The van der Waals surface area contributed by atoms with Gasteiger partial charge >= 0.3 is 5.97 Å². The molecule has 0 bridgehead atoms. The van der Waals surface area contributed by atoms with Crippen LogP contribution in [-0.4, -0.2) is 37.8 Å². The summed E-state index contributed by atoms with van der Waals surface area (Å²) >= 11 is 0. The van der Waals surface area contributed by atoms with Crippen molar-refractivity contribution in [3.05, 3.63) is 23.8 Å². The third kappa shape index (κ3) is 1.94. The summed E-state index contributed by atoms with van der Waals surface area (Å²) in [5, 5.41) is 8.24. The van der Waals surface area contributed by atoms with Gasteiger partial charge in [0, 0.05) is 12.2 Å². The molecule has 1 N–H and O–H groups in total. The molecule has 1 saturated carbocycles. The summed E-state index contributed by atoms with van der Waals surface area (Å²) in [7, 11) is -3.39. The highest BCUT2D eigenvalue weighted by atomic mass is 32.2. The highest BCUT2D eigenvalue weighted by Crippen LogP contribution is 2.53. The lowest BCUT2D eigenvalue weighted by Gasteiger charge is -2.01. The zero-order chi connectivity index (χ0) is 13.8. The van der Waals surface area contributed by atoms with Crippen LogP contribution in [0, 0.1) is 5.92 Å². The molecule has 1 aromatic rings. The van der Waals surface area contributed by atoms with Gasteiger partial charge in [0.1, 0.15) is 0 Å². The van der Waals surface area contributed by atoms with Crippen LogP contribution in [0.5, 0.6) is 11.5 Å². The first kappa shape index (κ1) is 12.3. The fourth-order valence-corrected chi connectivity index (χ4v) is 4.21. The Morgan fingerprint density at radius 3 is 2.58 bits per heavy atom. The molecule has 7 heteroatoms. The molecule has 1 heterocycles. The maximum absolute atomic E-state index is 11.6. The number of rotatable bonds is 3. The lowest BCUT2D eigenvalue weighted by Crippen LogP contribution is -2.10. The summed E-state index contributed by atoms with van der Waals surface area (Å²) in [6.07, 6.45) is 1.07. The van der Waals surface area contributed by atoms with Crippen LogP contribution in [0.2, 0.25) is 0 Å². The molecule has 0 amide bonds. The van der Waals surface area contributed by atoms with E-state index in [9.17, 15) is 13.2 Å². The minimum Gasteiger partial charge on any atom is -0.481 e. The number of carboxylic acid groups (broad SMARTS) is 1. The van der Waals surface area contributed by atoms with Crippen molar-refractivity contribution in [2.75, 3.05) is 13.0 Å². The third-order valence-corrected chi connectivity index (χ3v) is 5.09. The molecule has 2 aliphatic rings. The van der Waals surface area contributed by atoms with Crippen LogP contribution in [0.15, 0.2) is 18.2 Å². The Kier molecular flexibility index (Phi) is 2.50. The first-order valence-electron chi connectivity index (χ1n) is 5.71. The van der Waals surface area contributed by atoms with Crippen LogP contribution in [0.1, 0.15) is 11.5 Å². The molecule has 1 aliphatic heterocycles. The summed E-state index contributed by atoms with van der Waals surface area (Å²) in [5.74, 6) is -1.36. The van der Waals surface area contributed by atoms with Crippen LogP contribution in [0.3, 0.4) is 0 Å². The zero-order valence-electron chi connectivity index (χ0n) is 10.1. The number of sulfone groups is 1. The van der Waals surface area contributed by atoms with Gasteiger partial charge in [0.2, 0.25) is 6.79 Å². The van der Waals surface area contributed by atoms with Crippen LogP contribution in [-0.2, 0) is 14.6 Å². The fourth-order valence-electron chi connectivity index (χ4n) is 2.63. The van der Waals surface area contributed by atoms with Gasteiger partial charge in [0.05, 0.1) is 11.2 Å². The molecule has 19 heavy (non-hydrogen) atoms. The van der Waals surface area contributed by atoms with E-state index in [0.717, 1.165) is 6.26 Å². The molecular formula is C12H12O6S. The van der Waals surface area contributed by atoms with Gasteiger partial charge in [0.25, 0.3) is 0 Å². The van der Waals surface area contributed by atoms with E-state index in [1.807, 2.05) is 0 Å². The molecule has 1 aliphatic carbocycles. The lowest BCUT2D eigenvalue weighted by molar-refractivity contribution is -0.138. The molecule has 0 aromatic heterocycles. The monoisotopic (exact) mass is 284 g/mol. The van der Waals surface area contributed by atoms with Crippen molar-refractivity contribution in [2.45, 2.75) is 11.2 Å².